The summed E-state index contributed by atoms with van der Waals surface area (Å²) < 4.78 is 15.8. The van der Waals surface area contributed by atoms with Crippen molar-refractivity contribution in [3.05, 3.63) is 23.8 Å². The van der Waals surface area contributed by atoms with Crippen molar-refractivity contribution in [1.29, 1.82) is 0 Å². The summed E-state index contributed by atoms with van der Waals surface area (Å²) in [6, 6.07) is 5.14. The maximum Gasteiger partial charge on any atom is 0.338 e. The van der Waals surface area contributed by atoms with Crippen LogP contribution in [0.2, 0.25) is 0 Å². The normalized spacial score (nSPS) is 18.0. The summed E-state index contributed by atoms with van der Waals surface area (Å²) in [6.45, 7) is 3.98. The Labute approximate surface area is 118 Å². The molecule has 1 aromatic carbocycles. The number of piperidine rings is 1. The molecule has 2 aliphatic heterocycles. The van der Waals surface area contributed by atoms with Gasteiger partial charge in [0.15, 0.2) is 11.5 Å². The van der Waals surface area contributed by atoms with Crippen LogP contribution in [0.4, 0.5) is 0 Å². The highest BCUT2D eigenvalue weighted by Crippen LogP contribution is 2.32. The number of ether oxygens (including phenoxy) is 3. The second-order valence-corrected chi connectivity index (χ2v) is 5.26. The van der Waals surface area contributed by atoms with E-state index in [-0.39, 0.29) is 12.8 Å². The number of hydrogen-bond acceptors (Lipinski definition) is 4. The van der Waals surface area contributed by atoms with Gasteiger partial charge in [0.05, 0.1) is 18.7 Å². The molecule has 0 radical (unpaired) electrons. The number of carbonyl (C=O) groups excluding carboxylic acids is 1. The number of nitrogens with one attached hydrogen (secondary N) is 1. The molecule has 5 heteroatoms. The van der Waals surface area contributed by atoms with Crippen LogP contribution in [0.15, 0.2) is 18.2 Å². The number of benzene rings is 1. The van der Waals surface area contributed by atoms with Crippen LogP contribution >= 0.6 is 0 Å². The van der Waals surface area contributed by atoms with Gasteiger partial charge in [0.1, 0.15) is 13.2 Å². The molecule has 1 saturated heterocycles. The summed E-state index contributed by atoms with van der Waals surface area (Å²) in [5.41, 5.74) is 0.517. The molecule has 0 atom stereocenters. The van der Waals surface area contributed by atoms with Crippen LogP contribution < -0.4 is 14.4 Å². The average molecular weight is 278 g/mol. The zero-order valence-corrected chi connectivity index (χ0v) is 11.5. The largest absolute Gasteiger partial charge is 0.456 e. The smallest absolute Gasteiger partial charge is 0.338 e. The van der Waals surface area contributed by atoms with Gasteiger partial charge in [-0.2, -0.15) is 0 Å². The quantitative estimate of drug-likeness (QED) is 0.821. The van der Waals surface area contributed by atoms with Crippen molar-refractivity contribution >= 4 is 5.97 Å². The van der Waals surface area contributed by atoms with Crippen LogP contribution in [-0.2, 0) is 4.74 Å². The fraction of sp³-hybridized carbons (Fsp3) is 0.533. The van der Waals surface area contributed by atoms with Crippen molar-refractivity contribution in [2.24, 2.45) is 0 Å². The molecular weight excluding hydrogens is 258 g/mol. The zero-order chi connectivity index (χ0) is 13.8. The van der Waals surface area contributed by atoms with Crippen LogP contribution in [0.3, 0.4) is 0 Å². The number of likely N-dealkylation sites (tertiary alicyclic amines) is 1. The first kappa shape index (κ1) is 13.2. The number of rotatable bonds is 4. The van der Waals surface area contributed by atoms with Gasteiger partial charge in [-0.3, -0.25) is 0 Å². The molecule has 1 aromatic rings. The molecule has 20 heavy (non-hydrogen) atoms. The molecule has 1 N–H and O–H groups in total. The van der Waals surface area contributed by atoms with Crippen molar-refractivity contribution in [1.82, 2.24) is 0 Å². The first-order valence-corrected chi connectivity index (χ1v) is 7.23. The van der Waals surface area contributed by atoms with Crippen LogP contribution in [0.5, 0.6) is 11.5 Å². The molecule has 2 aliphatic rings. The monoisotopic (exact) mass is 278 g/mol. The lowest BCUT2D eigenvalue weighted by Gasteiger charge is -2.23. The van der Waals surface area contributed by atoms with E-state index in [1.54, 1.807) is 18.2 Å². The number of carbonyl (C=O) groups is 1. The van der Waals surface area contributed by atoms with Gasteiger partial charge in [-0.05, 0) is 37.5 Å². The van der Waals surface area contributed by atoms with E-state index >= 15 is 0 Å². The summed E-state index contributed by atoms with van der Waals surface area (Å²) in [6.07, 6.45) is 3.90. The van der Waals surface area contributed by atoms with Gasteiger partial charge in [-0.25, -0.2) is 4.79 Å². The SMILES string of the molecule is O=C(OCC[NH+]1CCCCC1)c1ccc2c(c1)OCO2. The minimum atomic E-state index is -0.292. The highest BCUT2D eigenvalue weighted by atomic mass is 16.7. The Kier molecular flexibility index (Phi) is 4.06. The highest BCUT2D eigenvalue weighted by Gasteiger charge is 2.18. The fourth-order valence-electron chi connectivity index (χ4n) is 2.70. The summed E-state index contributed by atoms with van der Waals surface area (Å²) in [7, 11) is 0. The molecule has 0 aromatic heterocycles. The molecule has 0 unspecified atom stereocenters. The second kappa shape index (κ2) is 6.13. The average Bonchev–Trinajstić information content (AvgIpc) is 2.95. The minimum Gasteiger partial charge on any atom is -0.456 e. The first-order chi connectivity index (χ1) is 9.83. The molecule has 0 aliphatic carbocycles. The maximum atomic E-state index is 12.0. The van der Waals surface area contributed by atoms with E-state index in [1.807, 2.05) is 0 Å². The van der Waals surface area contributed by atoms with Crippen molar-refractivity contribution in [3.63, 3.8) is 0 Å². The predicted octanol–water partition coefficient (Wildman–Crippen LogP) is 0.641. The standard InChI is InChI=1S/C15H19NO4/c17-15(18-9-8-16-6-2-1-3-7-16)12-4-5-13-14(10-12)20-11-19-13/h4-5,10H,1-3,6-9,11H2/p+1. The molecule has 2 heterocycles. The zero-order valence-electron chi connectivity index (χ0n) is 11.5. The fourth-order valence-corrected chi connectivity index (χ4v) is 2.70. The Hall–Kier alpha value is -1.75. The Morgan fingerprint density at radius 2 is 1.95 bits per heavy atom. The van der Waals surface area contributed by atoms with E-state index < -0.39 is 0 Å². The topological polar surface area (TPSA) is 49.2 Å². The van der Waals surface area contributed by atoms with E-state index in [1.165, 1.54) is 37.3 Å². The van der Waals surface area contributed by atoms with Gasteiger partial charge < -0.3 is 19.1 Å². The Morgan fingerprint density at radius 3 is 2.80 bits per heavy atom. The van der Waals surface area contributed by atoms with E-state index in [0.717, 1.165) is 6.54 Å². The third-order valence-corrected chi connectivity index (χ3v) is 3.86. The molecule has 1 fully saturated rings. The lowest BCUT2D eigenvalue weighted by molar-refractivity contribution is -0.905. The molecule has 108 valence electrons. The van der Waals surface area contributed by atoms with E-state index in [2.05, 4.69) is 0 Å². The minimum absolute atomic E-state index is 0.214. The lowest BCUT2D eigenvalue weighted by atomic mass is 10.1. The maximum absolute atomic E-state index is 12.0. The summed E-state index contributed by atoms with van der Waals surface area (Å²) in [5.74, 6) is 1.00. The van der Waals surface area contributed by atoms with Gasteiger partial charge in [0, 0.05) is 0 Å². The van der Waals surface area contributed by atoms with Crippen molar-refractivity contribution in [2.75, 3.05) is 33.0 Å². The Bertz CT molecular complexity index is 483. The van der Waals surface area contributed by atoms with Crippen LogP contribution in [-0.4, -0.2) is 39.0 Å². The van der Waals surface area contributed by atoms with Gasteiger partial charge in [-0.1, -0.05) is 0 Å². The second-order valence-electron chi connectivity index (χ2n) is 5.26. The third-order valence-electron chi connectivity index (χ3n) is 3.86. The van der Waals surface area contributed by atoms with Gasteiger partial charge in [-0.15, -0.1) is 0 Å². The van der Waals surface area contributed by atoms with E-state index in [9.17, 15) is 4.79 Å². The lowest BCUT2D eigenvalue weighted by Crippen LogP contribution is -3.13. The first-order valence-electron chi connectivity index (χ1n) is 7.23. The van der Waals surface area contributed by atoms with Gasteiger partial charge in [0.25, 0.3) is 0 Å². The third kappa shape index (κ3) is 3.04. The predicted molar refractivity (Wildman–Crippen MR) is 72.3 cm³/mol. The molecular formula is C15H20NO4+. The van der Waals surface area contributed by atoms with Crippen LogP contribution in [0.1, 0.15) is 29.6 Å². The molecule has 0 amide bonds. The summed E-state index contributed by atoms with van der Waals surface area (Å²) in [5, 5.41) is 0. The van der Waals surface area contributed by atoms with Crippen molar-refractivity contribution in [3.8, 4) is 11.5 Å². The Morgan fingerprint density at radius 1 is 1.15 bits per heavy atom. The molecule has 0 bridgehead atoms. The Balaban J connectivity index is 1.49. The highest BCUT2D eigenvalue weighted by molar-refractivity contribution is 5.90. The van der Waals surface area contributed by atoms with Gasteiger partial charge >= 0.3 is 5.97 Å². The molecule has 5 nitrogen and oxygen atoms in total. The number of fused-ring (bicyclic) bond motifs is 1. The molecule has 0 saturated carbocycles. The summed E-state index contributed by atoms with van der Waals surface area (Å²) in [4.78, 5) is 13.5. The van der Waals surface area contributed by atoms with Crippen molar-refractivity contribution < 1.29 is 23.9 Å². The van der Waals surface area contributed by atoms with E-state index in [0.29, 0.717) is 23.7 Å². The summed E-state index contributed by atoms with van der Waals surface area (Å²) >= 11 is 0. The van der Waals surface area contributed by atoms with Crippen molar-refractivity contribution in [2.45, 2.75) is 19.3 Å². The molecule has 0 spiro atoms. The van der Waals surface area contributed by atoms with Crippen LogP contribution in [0, 0.1) is 0 Å². The van der Waals surface area contributed by atoms with Gasteiger partial charge in [0.2, 0.25) is 6.79 Å². The number of quaternary nitrogens is 1. The number of esters is 1. The number of hydrogen-bond donors (Lipinski definition) is 1. The molecule has 3 rings (SSSR count). The van der Waals surface area contributed by atoms with E-state index in [4.69, 9.17) is 14.2 Å². The van der Waals surface area contributed by atoms with Crippen LogP contribution in [0.25, 0.3) is 0 Å².